The lowest BCUT2D eigenvalue weighted by Gasteiger charge is -2.28. The number of carboxylic acid groups (broad SMARTS) is 1. The van der Waals surface area contributed by atoms with Gasteiger partial charge in [0.1, 0.15) is 0 Å². The van der Waals surface area contributed by atoms with Crippen LogP contribution in [-0.2, 0) is 11.3 Å². The average Bonchev–Trinajstić information content (AvgIpc) is 3.37. The van der Waals surface area contributed by atoms with Gasteiger partial charge in [-0.2, -0.15) is 0 Å². The number of carbonyl (C=O) groups is 2. The molecule has 132 valence electrons. The van der Waals surface area contributed by atoms with E-state index in [2.05, 4.69) is 34.7 Å². The average molecular weight is 333 g/mol. The van der Waals surface area contributed by atoms with Crippen LogP contribution >= 0.6 is 0 Å². The van der Waals surface area contributed by atoms with Crippen molar-refractivity contribution in [2.75, 3.05) is 20.1 Å². The minimum absolute atomic E-state index is 0.0742. The van der Waals surface area contributed by atoms with E-state index < -0.39 is 5.97 Å². The van der Waals surface area contributed by atoms with Crippen molar-refractivity contribution in [3.8, 4) is 0 Å². The third-order valence-corrected chi connectivity index (χ3v) is 4.33. The standard InChI is InChI=1S/C18H27N3O3/c1-21(13-14-6-3-2-4-7-14)16(15-9-10-15)12-20-18(24)19-11-5-8-17(22)23/h2-4,6-7,15-16H,5,8-13H2,1H3,(H,22,23)(H2,19,20,24). The SMILES string of the molecule is CN(Cc1ccccc1)C(CNC(=O)NCCCC(=O)O)C1CC1. The van der Waals surface area contributed by atoms with Gasteiger partial charge in [0.15, 0.2) is 0 Å². The molecule has 0 bridgehead atoms. The summed E-state index contributed by atoms with van der Waals surface area (Å²) in [7, 11) is 2.10. The Bertz CT molecular complexity index is 532. The monoisotopic (exact) mass is 333 g/mol. The summed E-state index contributed by atoms with van der Waals surface area (Å²) in [6.45, 7) is 1.86. The Morgan fingerprint density at radius 1 is 1.25 bits per heavy atom. The number of hydrogen-bond acceptors (Lipinski definition) is 3. The molecule has 1 aromatic carbocycles. The van der Waals surface area contributed by atoms with Gasteiger partial charge in [0, 0.05) is 32.1 Å². The molecule has 6 heteroatoms. The summed E-state index contributed by atoms with van der Waals surface area (Å²) in [5.41, 5.74) is 1.27. The Balaban J connectivity index is 1.73. The maximum absolute atomic E-state index is 11.8. The van der Waals surface area contributed by atoms with Crippen LogP contribution in [0, 0.1) is 5.92 Å². The number of rotatable bonds is 10. The second kappa shape index (κ2) is 9.27. The Kier molecular flexibility index (Phi) is 7.06. The lowest BCUT2D eigenvalue weighted by Crippen LogP contribution is -2.46. The molecular formula is C18H27N3O3. The van der Waals surface area contributed by atoms with E-state index in [1.54, 1.807) is 0 Å². The van der Waals surface area contributed by atoms with Crippen LogP contribution in [0.15, 0.2) is 30.3 Å². The van der Waals surface area contributed by atoms with Crippen molar-refractivity contribution in [1.82, 2.24) is 15.5 Å². The van der Waals surface area contributed by atoms with E-state index in [4.69, 9.17) is 5.11 Å². The highest BCUT2D eigenvalue weighted by Crippen LogP contribution is 2.35. The van der Waals surface area contributed by atoms with E-state index in [9.17, 15) is 9.59 Å². The Hall–Kier alpha value is -2.08. The van der Waals surface area contributed by atoms with Gasteiger partial charge in [0.25, 0.3) is 0 Å². The predicted molar refractivity (Wildman–Crippen MR) is 92.7 cm³/mol. The highest BCUT2D eigenvalue weighted by atomic mass is 16.4. The number of benzene rings is 1. The lowest BCUT2D eigenvalue weighted by molar-refractivity contribution is -0.137. The van der Waals surface area contributed by atoms with Crippen LogP contribution in [0.5, 0.6) is 0 Å². The zero-order valence-electron chi connectivity index (χ0n) is 14.2. The molecule has 0 heterocycles. The van der Waals surface area contributed by atoms with Crippen molar-refractivity contribution in [1.29, 1.82) is 0 Å². The molecule has 1 atom stereocenters. The van der Waals surface area contributed by atoms with E-state index >= 15 is 0 Å². The fraction of sp³-hybridized carbons (Fsp3) is 0.556. The number of urea groups is 1. The fourth-order valence-corrected chi connectivity index (χ4v) is 2.85. The van der Waals surface area contributed by atoms with Crippen molar-refractivity contribution in [2.45, 2.75) is 38.3 Å². The van der Waals surface area contributed by atoms with Gasteiger partial charge in [-0.1, -0.05) is 30.3 Å². The number of carbonyl (C=O) groups excluding carboxylic acids is 1. The highest BCUT2D eigenvalue weighted by molar-refractivity contribution is 5.74. The summed E-state index contributed by atoms with van der Waals surface area (Å²) in [5.74, 6) is -0.195. The summed E-state index contributed by atoms with van der Waals surface area (Å²) in [6.07, 6.45) is 2.95. The first kappa shape index (κ1) is 18.3. The summed E-state index contributed by atoms with van der Waals surface area (Å²) < 4.78 is 0. The van der Waals surface area contributed by atoms with Crippen molar-refractivity contribution >= 4 is 12.0 Å². The Morgan fingerprint density at radius 3 is 2.58 bits per heavy atom. The van der Waals surface area contributed by atoms with Gasteiger partial charge in [0.2, 0.25) is 0 Å². The molecule has 0 aliphatic heterocycles. The predicted octanol–water partition coefficient (Wildman–Crippen LogP) is 2.06. The third-order valence-electron chi connectivity index (χ3n) is 4.33. The quantitative estimate of drug-likeness (QED) is 0.573. The maximum atomic E-state index is 11.8. The molecule has 24 heavy (non-hydrogen) atoms. The van der Waals surface area contributed by atoms with E-state index in [1.165, 1.54) is 18.4 Å². The van der Waals surface area contributed by atoms with Gasteiger partial charge in [0.05, 0.1) is 0 Å². The third kappa shape index (κ3) is 6.58. The minimum Gasteiger partial charge on any atom is -0.481 e. The molecule has 0 spiro atoms. The minimum atomic E-state index is -0.839. The van der Waals surface area contributed by atoms with Crippen LogP contribution in [-0.4, -0.2) is 48.2 Å². The van der Waals surface area contributed by atoms with Crippen LogP contribution in [0.25, 0.3) is 0 Å². The molecule has 1 saturated carbocycles. The number of carboxylic acids is 1. The number of aliphatic carboxylic acids is 1. The second-order valence-electron chi connectivity index (χ2n) is 6.44. The van der Waals surface area contributed by atoms with Gasteiger partial charge in [-0.3, -0.25) is 9.69 Å². The number of likely N-dealkylation sites (N-methyl/N-ethyl adjacent to an activating group) is 1. The molecule has 1 unspecified atom stereocenters. The number of hydrogen-bond donors (Lipinski definition) is 3. The van der Waals surface area contributed by atoms with E-state index in [0.717, 1.165) is 6.54 Å². The number of nitrogens with zero attached hydrogens (tertiary/aromatic N) is 1. The van der Waals surface area contributed by atoms with Crippen molar-refractivity contribution in [2.24, 2.45) is 5.92 Å². The van der Waals surface area contributed by atoms with Crippen LogP contribution < -0.4 is 10.6 Å². The van der Waals surface area contributed by atoms with Crippen molar-refractivity contribution < 1.29 is 14.7 Å². The highest BCUT2D eigenvalue weighted by Gasteiger charge is 2.33. The van der Waals surface area contributed by atoms with Gasteiger partial charge in [-0.25, -0.2) is 4.79 Å². The Labute approximate surface area is 143 Å². The number of amides is 2. The fourth-order valence-electron chi connectivity index (χ4n) is 2.85. The molecule has 1 aliphatic rings. The lowest BCUT2D eigenvalue weighted by atomic mass is 10.1. The van der Waals surface area contributed by atoms with Crippen LogP contribution in [0.3, 0.4) is 0 Å². The summed E-state index contributed by atoms with van der Waals surface area (Å²) in [6, 6.07) is 10.4. The number of nitrogens with one attached hydrogen (secondary N) is 2. The molecule has 6 nitrogen and oxygen atoms in total. The molecule has 3 N–H and O–H groups in total. The smallest absolute Gasteiger partial charge is 0.314 e. The van der Waals surface area contributed by atoms with E-state index in [1.807, 2.05) is 18.2 Å². The van der Waals surface area contributed by atoms with Gasteiger partial charge < -0.3 is 15.7 Å². The summed E-state index contributed by atoms with van der Waals surface area (Å²) >= 11 is 0. The molecule has 2 amide bonds. The zero-order chi connectivity index (χ0) is 17.4. The maximum Gasteiger partial charge on any atom is 0.314 e. The molecule has 0 saturated heterocycles. The first-order valence-corrected chi connectivity index (χ1v) is 8.54. The molecular weight excluding hydrogens is 306 g/mol. The normalized spacial score (nSPS) is 15.1. The van der Waals surface area contributed by atoms with Crippen LogP contribution in [0.1, 0.15) is 31.2 Å². The van der Waals surface area contributed by atoms with E-state index in [-0.39, 0.29) is 12.5 Å². The largest absolute Gasteiger partial charge is 0.481 e. The van der Waals surface area contributed by atoms with Gasteiger partial charge in [-0.05, 0) is 37.8 Å². The topological polar surface area (TPSA) is 81.7 Å². The van der Waals surface area contributed by atoms with Crippen molar-refractivity contribution in [3.05, 3.63) is 35.9 Å². The van der Waals surface area contributed by atoms with Crippen molar-refractivity contribution in [3.63, 3.8) is 0 Å². The van der Waals surface area contributed by atoms with Gasteiger partial charge >= 0.3 is 12.0 Å². The summed E-state index contributed by atoms with van der Waals surface area (Å²) in [5, 5.41) is 14.2. The van der Waals surface area contributed by atoms with Crippen LogP contribution in [0.4, 0.5) is 4.79 Å². The Morgan fingerprint density at radius 2 is 1.96 bits per heavy atom. The van der Waals surface area contributed by atoms with E-state index in [0.29, 0.717) is 31.5 Å². The van der Waals surface area contributed by atoms with Crippen LogP contribution in [0.2, 0.25) is 0 Å². The summed E-state index contributed by atoms with van der Waals surface area (Å²) in [4.78, 5) is 24.6. The first-order valence-electron chi connectivity index (χ1n) is 8.54. The zero-order valence-corrected chi connectivity index (χ0v) is 14.2. The van der Waals surface area contributed by atoms with Gasteiger partial charge in [-0.15, -0.1) is 0 Å². The molecule has 0 aromatic heterocycles. The first-order chi connectivity index (χ1) is 11.6. The molecule has 1 fully saturated rings. The molecule has 0 radical (unpaired) electrons. The molecule has 1 aliphatic carbocycles. The second-order valence-corrected chi connectivity index (χ2v) is 6.44. The molecule has 2 rings (SSSR count). The molecule has 1 aromatic rings.